The molecule has 10 heteroatoms. The standard InChI is InChI=1S/C26H31F3N4O3/c1-16(25(35)36)31-12-9-19(10-13-31)33-23(17-6-7-17)21(14-30-33)24(34)32-11-8-18(15-32)20-4-2-3-5-22(20)26(27,28)29/h2-5,14,16-19H,6-13,15H2,1H3,(H,35,36)/t16-,18?/m0/s1. The van der Waals surface area contributed by atoms with E-state index in [2.05, 4.69) is 5.10 Å². The van der Waals surface area contributed by atoms with E-state index in [1.54, 1.807) is 24.1 Å². The molecule has 0 spiro atoms. The molecule has 3 heterocycles. The van der Waals surface area contributed by atoms with Crippen LogP contribution in [0.2, 0.25) is 0 Å². The zero-order valence-electron chi connectivity index (χ0n) is 20.2. The Kier molecular flexibility index (Phi) is 6.57. The van der Waals surface area contributed by atoms with Crippen LogP contribution in [0.4, 0.5) is 13.2 Å². The second kappa shape index (κ2) is 9.53. The van der Waals surface area contributed by atoms with Crippen molar-refractivity contribution in [2.24, 2.45) is 0 Å². The number of halogens is 3. The van der Waals surface area contributed by atoms with Gasteiger partial charge in [0.15, 0.2) is 0 Å². The fourth-order valence-corrected chi connectivity index (χ4v) is 5.75. The van der Waals surface area contributed by atoms with E-state index in [0.29, 0.717) is 31.6 Å². The number of carboxylic acid groups (broad SMARTS) is 1. The summed E-state index contributed by atoms with van der Waals surface area (Å²) in [6.07, 6.45) is 1.18. The summed E-state index contributed by atoms with van der Waals surface area (Å²) >= 11 is 0. The maximum Gasteiger partial charge on any atom is 0.416 e. The highest BCUT2D eigenvalue weighted by Gasteiger charge is 2.40. The van der Waals surface area contributed by atoms with Crippen molar-refractivity contribution in [1.82, 2.24) is 19.6 Å². The zero-order chi connectivity index (χ0) is 25.6. The van der Waals surface area contributed by atoms with Crippen molar-refractivity contribution in [3.8, 4) is 0 Å². The Bertz CT molecular complexity index is 1140. The normalized spacial score (nSPS) is 22.7. The van der Waals surface area contributed by atoms with Crippen molar-refractivity contribution in [2.45, 2.75) is 69.1 Å². The number of aliphatic carboxylic acids is 1. The maximum atomic E-state index is 13.5. The molecule has 3 aliphatic rings. The lowest BCUT2D eigenvalue weighted by atomic mass is 9.93. The first-order valence-corrected chi connectivity index (χ1v) is 12.6. The Morgan fingerprint density at radius 2 is 1.72 bits per heavy atom. The number of hydrogen-bond acceptors (Lipinski definition) is 4. The molecule has 2 atom stereocenters. The minimum absolute atomic E-state index is 0.101. The van der Waals surface area contributed by atoms with E-state index >= 15 is 0 Å². The van der Waals surface area contributed by atoms with Gasteiger partial charge in [0.25, 0.3) is 5.91 Å². The molecular formula is C26H31F3N4O3. The molecule has 1 aromatic carbocycles. The summed E-state index contributed by atoms with van der Waals surface area (Å²) in [5.74, 6) is -1.08. The Morgan fingerprint density at radius 1 is 1.03 bits per heavy atom. The summed E-state index contributed by atoms with van der Waals surface area (Å²) in [5, 5.41) is 13.9. The van der Waals surface area contributed by atoms with Crippen molar-refractivity contribution < 1.29 is 27.9 Å². The summed E-state index contributed by atoms with van der Waals surface area (Å²) < 4.78 is 42.6. The van der Waals surface area contributed by atoms with Gasteiger partial charge in [0.2, 0.25) is 0 Å². The number of piperidine rings is 1. The topological polar surface area (TPSA) is 78.7 Å². The van der Waals surface area contributed by atoms with Crippen molar-refractivity contribution >= 4 is 11.9 Å². The fourth-order valence-electron chi connectivity index (χ4n) is 5.75. The first-order valence-electron chi connectivity index (χ1n) is 12.6. The molecule has 7 nitrogen and oxygen atoms in total. The lowest BCUT2D eigenvalue weighted by Gasteiger charge is -2.35. The second-order valence-corrected chi connectivity index (χ2v) is 10.3. The number of carbonyl (C=O) groups is 2. The molecule has 0 radical (unpaired) electrons. The lowest BCUT2D eigenvalue weighted by molar-refractivity contribution is -0.143. The average Bonchev–Trinajstić information content (AvgIpc) is 3.40. The van der Waals surface area contributed by atoms with E-state index in [1.807, 2.05) is 9.58 Å². The van der Waals surface area contributed by atoms with E-state index in [9.17, 15) is 27.9 Å². The van der Waals surface area contributed by atoms with Crippen LogP contribution in [0.15, 0.2) is 30.5 Å². The molecule has 1 saturated carbocycles. The largest absolute Gasteiger partial charge is 0.480 e. The number of carboxylic acids is 1. The van der Waals surface area contributed by atoms with Gasteiger partial charge < -0.3 is 10.0 Å². The molecular weight excluding hydrogens is 473 g/mol. The summed E-state index contributed by atoms with van der Waals surface area (Å²) in [6, 6.07) is 5.21. The molecule has 1 amide bonds. The lowest BCUT2D eigenvalue weighted by Crippen LogP contribution is -2.44. The van der Waals surface area contributed by atoms with Gasteiger partial charge in [-0.1, -0.05) is 18.2 Å². The van der Waals surface area contributed by atoms with Gasteiger partial charge in [0, 0.05) is 38.0 Å². The maximum absolute atomic E-state index is 13.5. The van der Waals surface area contributed by atoms with E-state index in [1.165, 1.54) is 12.1 Å². The van der Waals surface area contributed by atoms with E-state index in [4.69, 9.17) is 0 Å². The third-order valence-corrected chi connectivity index (χ3v) is 7.96. The molecule has 1 unspecified atom stereocenters. The van der Waals surface area contributed by atoms with Crippen molar-refractivity contribution in [3.05, 3.63) is 52.8 Å². The zero-order valence-corrected chi connectivity index (χ0v) is 20.2. The first-order chi connectivity index (χ1) is 17.1. The van der Waals surface area contributed by atoms with Crippen LogP contribution in [0.25, 0.3) is 0 Å². The van der Waals surface area contributed by atoms with Gasteiger partial charge in [-0.2, -0.15) is 18.3 Å². The molecule has 194 valence electrons. The van der Waals surface area contributed by atoms with Crippen LogP contribution in [0.5, 0.6) is 0 Å². The third kappa shape index (κ3) is 4.75. The van der Waals surface area contributed by atoms with Crippen LogP contribution < -0.4 is 0 Å². The highest BCUT2D eigenvalue weighted by Crippen LogP contribution is 2.44. The van der Waals surface area contributed by atoms with Crippen molar-refractivity contribution in [3.63, 3.8) is 0 Å². The number of likely N-dealkylation sites (tertiary alicyclic amines) is 2. The molecule has 1 aliphatic carbocycles. The van der Waals surface area contributed by atoms with Crippen molar-refractivity contribution in [2.75, 3.05) is 26.2 Å². The molecule has 36 heavy (non-hydrogen) atoms. The number of carbonyl (C=O) groups excluding carboxylic acids is 1. The Hall–Kier alpha value is -2.88. The molecule has 0 bridgehead atoms. The monoisotopic (exact) mass is 504 g/mol. The van der Waals surface area contributed by atoms with Gasteiger partial charge in [-0.3, -0.25) is 19.2 Å². The smallest absolute Gasteiger partial charge is 0.416 e. The number of amides is 1. The highest BCUT2D eigenvalue weighted by atomic mass is 19.4. The highest BCUT2D eigenvalue weighted by molar-refractivity contribution is 5.95. The van der Waals surface area contributed by atoms with Gasteiger partial charge in [0.1, 0.15) is 6.04 Å². The molecule has 2 saturated heterocycles. The van der Waals surface area contributed by atoms with Gasteiger partial charge in [0.05, 0.1) is 29.1 Å². The first kappa shape index (κ1) is 24.8. The van der Waals surface area contributed by atoms with Gasteiger partial charge in [-0.15, -0.1) is 0 Å². The molecule has 2 aromatic rings. The summed E-state index contributed by atoms with van der Waals surface area (Å²) in [7, 11) is 0. The van der Waals surface area contributed by atoms with E-state index in [-0.39, 0.29) is 35.9 Å². The summed E-state index contributed by atoms with van der Waals surface area (Å²) in [5.41, 5.74) is 1.12. The molecule has 5 rings (SSSR count). The molecule has 2 aliphatic heterocycles. The summed E-state index contributed by atoms with van der Waals surface area (Å²) in [6.45, 7) is 3.66. The van der Waals surface area contributed by atoms with Crippen LogP contribution in [-0.2, 0) is 11.0 Å². The Morgan fingerprint density at radius 3 is 2.36 bits per heavy atom. The molecule has 1 aromatic heterocycles. The number of rotatable bonds is 6. The van der Waals surface area contributed by atoms with Gasteiger partial charge >= 0.3 is 12.1 Å². The quantitative estimate of drug-likeness (QED) is 0.626. The minimum atomic E-state index is -4.42. The van der Waals surface area contributed by atoms with Crippen LogP contribution in [0.3, 0.4) is 0 Å². The number of hydrogen-bond donors (Lipinski definition) is 1. The van der Waals surface area contributed by atoms with Crippen LogP contribution in [-0.4, -0.2) is 68.8 Å². The SMILES string of the molecule is C[C@@H](C(=O)O)N1CCC(n2ncc(C(=O)N3CCC(c4ccccc4C(F)(F)F)C3)c2C2CC2)CC1. The van der Waals surface area contributed by atoms with Gasteiger partial charge in [-0.05, 0) is 50.7 Å². The predicted octanol–water partition coefficient (Wildman–Crippen LogP) is 4.52. The predicted molar refractivity (Wildman–Crippen MR) is 126 cm³/mol. The summed E-state index contributed by atoms with van der Waals surface area (Å²) in [4.78, 5) is 28.5. The van der Waals surface area contributed by atoms with E-state index in [0.717, 1.165) is 37.4 Å². The molecule has 1 N–H and O–H groups in total. The van der Waals surface area contributed by atoms with Gasteiger partial charge in [-0.25, -0.2) is 0 Å². The van der Waals surface area contributed by atoms with Crippen LogP contribution >= 0.6 is 0 Å². The van der Waals surface area contributed by atoms with Crippen LogP contribution in [0.1, 0.15) is 84.1 Å². The third-order valence-electron chi connectivity index (χ3n) is 7.96. The fraction of sp³-hybridized carbons (Fsp3) is 0.577. The van der Waals surface area contributed by atoms with Crippen LogP contribution in [0, 0.1) is 0 Å². The van der Waals surface area contributed by atoms with E-state index < -0.39 is 23.8 Å². The van der Waals surface area contributed by atoms with Crippen molar-refractivity contribution in [1.29, 1.82) is 0 Å². The molecule has 3 fully saturated rings. The number of nitrogens with zero attached hydrogens (tertiary/aromatic N) is 4. The Balaban J connectivity index is 1.32. The number of aromatic nitrogens is 2. The minimum Gasteiger partial charge on any atom is -0.480 e. The second-order valence-electron chi connectivity index (χ2n) is 10.3. The Labute approximate surface area is 207 Å². The number of benzene rings is 1. The number of alkyl halides is 3. The average molecular weight is 505 g/mol.